The van der Waals surface area contributed by atoms with Gasteiger partial charge < -0.3 is 5.32 Å². The number of halogens is 1. The third-order valence-electron chi connectivity index (χ3n) is 2.38. The van der Waals surface area contributed by atoms with E-state index in [2.05, 4.69) is 21.2 Å². The smallest absolute Gasteiger partial charge is 0.266 e. The molecule has 2 rings (SSSR count). The van der Waals surface area contributed by atoms with Crippen molar-refractivity contribution >= 4 is 44.6 Å². The maximum absolute atomic E-state index is 12.0. The third-order valence-corrected chi connectivity index (χ3v) is 4.21. The van der Waals surface area contributed by atoms with Crippen LogP contribution in [0.1, 0.15) is 27.0 Å². The first-order valence-electron chi connectivity index (χ1n) is 5.24. The van der Waals surface area contributed by atoms with E-state index in [-0.39, 0.29) is 11.7 Å². The number of carbonyl (C=O) groups excluding carboxylic acids is 2. The van der Waals surface area contributed by atoms with Crippen molar-refractivity contribution in [3.63, 3.8) is 0 Å². The molecule has 3 nitrogen and oxygen atoms in total. The molecule has 0 atom stereocenters. The van der Waals surface area contributed by atoms with Gasteiger partial charge in [0.25, 0.3) is 5.91 Å². The number of thiophene rings is 1. The number of benzene rings is 1. The zero-order valence-corrected chi connectivity index (χ0v) is 12.0. The summed E-state index contributed by atoms with van der Waals surface area (Å²) < 4.78 is 0.755. The van der Waals surface area contributed by atoms with Crippen molar-refractivity contribution in [2.24, 2.45) is 0 Å². The molecule has 0 saturated heterocycles. The lowest BCUT2D eigenvalue weighted by Gasteiger charge is -2.08. The molecule has 18 heavy (non-hydrogen) atoms. The Morgan fingerprint density at radius 1 is 1.22 bits per heavy atom. The largest absolute Gasteiger partial charge is 0.321 e. The fraction of sp³-hybridized carbons (Fsp3) is 0.0769. The van der Waals surface area contributed by atoms with Gasteiger partial charge in [-0.15, -0.1) is 11.3 Å². The van der Waals surface area contributed by atoms with Crippen molar-refractivity contribution in [3.8, 4) is 0 Å². The zero-order chi connectivity index (χ0) is 13.1. The Labute approximate surface area is 117 Å². The van der Waals surface area contributed by atoms with Gasteiger partial charge in [-0.05, 0) is 46.4 Å². The minimum atomic E-state index is -0.217. The van der Waals surface area contributed by atoms with E-state index in [0.29, 0.717) is 16.1 Å². The number of ketones is 1. The van der Waals surface area contributed by atoms with Gasteiger partial charge in [0.1, 0.15) is 4.88 Å². The number of rotatable bonds is 3. The van der Waals surface area contributed by atoms with Crippen LogP contribution in [-0.4, -0.2) is 11.7 Å². The maximum atomic E-state index is 12.0. The zero-order valence-electron chi connectivity index (χ0n) is 9.57. The lowest BCUT2D eigenvalue weighted by atomic mass is 10.1. The summed E-state index contributed by atoms with van der Waals surface area (Å²) in [5.74, 6) is -0.290. The van der Waals surface area contributed by atoms with E-state index in [0.717, 1.165) is 4.47 Å². The van der Waals surface area contributed by atoms with E-state index < -0.39 is 0 Å². The highest BCUT2D eigenvalue weighted by molar-refractivity contribution is 9.10. The number of Topliss-reactive ketones (excluding diaryl/α,β-unsaturated/α-hetero) is 1. The highest BCUT2D eigenvalue weighted by Crippen LogP contribution is 2.24. The number of para-hydroxylation sites is 1. The Morgan fingerprint density at radius 2 is 1.94 bits per heavy atom. The molecule has 92 valence electrons. The highest BCUT2D eigenvalue weighted by atomic mass is 79.9. The van der Waals surface area contributed by atoms with Crippen molar-refractivity contribution in [2.45, 2.75) is 6.92 Å². The van der Waals surface area contributed by atoms with Crippen molar-refractivity contribution in [3.05, 3.63) is 50.6 Å². The summed E-state index contributed by atoms with van der Waals surface area (Å²) in [7, 11) is 0. The molecule has 1 amide bonds. The van der Waals surface area contributed by atoms with Crippen LogP contribution in [0, 0.1) is 0 Å². The average molecular weight is 324 g/mol. The van der Waals surface area contributed by atoms with E-state index >= 15 is 0 Å². The summed E-state index contributed by atoms with van der Waals surface area (Å²) in [4.78, 5) is 24.1. The van der Waals surface area contributed by atoms with Gasteiger partial charge in [0.05, 0.1) is 5.69 Å². The summed E-state index contributed by atoms with van der Waals surface area (Å²) in [5, 5.41) is 4.58. The predicted molar refractivity (Wildman–Crippen MR) is 76.4 cm³/mol. The average Bonchev–Trinajstić information content (AvgIpc) is 2.76. The fourth-order valence-corrected chi connectivity index (χ4v) is 2.98. The van der Waals surface area contributed by atoms with E-state index in [1.54, 1.807) is 24.3 Å². The SMILES string of the molecule is CC(=O)c1ccccc1NC(=O)c1sccc1Br. The van der Waals surface area contributed by atoms with Crippen LogP contribution in [0.25, 0.3) is 0 Å². The lowest BCUT2D eigenvalue weighted by molar-refractivity contribution is 0.101. The molecule has 0 unspecified atom stereocenters. The number of carbonyl (C=O) groups is 2. The van der Waals surface area contributed by atoms with Crippen molar-refractivity contribution < 1.29 is 9.59 Å². The first-order valence-corrected chi connectivity index (χ1v) is 6.91. The Morgan fingerprint density at radius 3 is 2.56 bits per heavy atom. The van der Waals surface area contributed by atoms with Crippen LogP contribution in [0.3, 0.4) is 0 Å². The molecule has 0 saturated carbocycles. The standard InChI is InChI=1S/C13H10BrNO2S/c1-8(16)9-4-2-3-5-11(9)15-13(17)12-10(14)6-7-18-12/h2-7H,1H3,(H,15,17). The molecule has 0 aliphatic heterocycles. The van der Waals surface area contributed by atoms with Crippen molar-refractivity contribution in [1.82, 2.24) is 0 Å². The summed E-state index contributed by atoms with van der Waals surface area (Å²) >= 11 is 4.66. The molecule has 5 heteroatoms. The Hall–Kier alpha value is -1.46. The number of nitrogens with one attached hydrogen (secondary N) is 1. The summed E-state index contributed by atoms with van der Waals surface area (Å²) in [5.41, 5.74) is 1.05. The van der Waals surface area contributed by atoms with Crippen LogP contribution in [-0.2, 0) is 0 Å². The van der Waals surface area contributed by atoms with Gasteiger partial charge in [0, 0.05) is 10.0 Å². The number of amides is 1. The topological polar surface area (TPSA) is 46.2 Å². The highest BCUT2D eigenvalue weighted by Gasteiger charge is 2.14. The van der Waals surface area contributed by atoms with E-state index in [1.165, 1.54) is 18.3 Å². The normalized spacial score (nSPS) is 10.1. The number of anilines is 1. The third kappa shape index (κ3) is 2.68. The van der Waals surface area contributed by atoms with Crippen LogP contribution in [0.15, 0.2) is 40.2 Å². The first-order chi connectivity index (χ1) is 8.59. The van der Waals surface area contributed by atoms with Gasteiger partial charge in [-0.2, -0.15) is 0 Å². The molecular weight excluding hydrogens is 314 g/mol. The Bertz CT molecular complexity index is 607. The number of hydrogen-bond donors (Lipinski definition) is 1. The molecule has 1 aromatic heterocycles. The molecule has 0 spiro atoms. The van der Waals surface area contributed by atoms with Gasteiger partial charge in [-0.1, -0.05) is 12.1 Å². The van der Waals surface area contributed by atoms with Gasteiger partial charge in [0.15, 0.2) is 5.78 Å². The summed E-state index contributed by atoms with van der Waals surface area (Å²) in [6, 6.07) is 8.78. The Kier molecular flexibility index (Phi) is 3.93. The minimum absolute atomic E-state index is 0.0730. The molecule has 2 aromatic rings. The molecule has 0 bridgehead atoms. The lowest BCUT2D eigenvalue weighted by Crippen LogP contribution is -2.13. The minimum Gasteiger partial charge on any atom is -0.321 e. The second kappa shape index (κ2) is 5.46. The second-order valence-corrected chi connectivity index (χ2v) is 5.42. The van der Waals surface area contributed by atoms with Gasteiger partial charge in [0.2, 0.25) is 0 Å². The molecule has 1 heterocycles. The predicted octanol–water partition coefficient (Wildman–Crippen LogP) is 3.97. The maximum Gasteiger partial charge on any atom is 0.266 e. The molecule has 1 aromatic carbocycles. The fourth-order valence-electron chi connectivity index (χ4n) is 1.53. The van der Waals surface area contributed by atoms with Crippen LogP contribution >= 0.6 is 27.3 Å². The van der Waals surface area contributed by atoms with Crippen LogP contribution < -0.4 is 5.32 Å². The van der Waals surface area contributed by atoms with E-state index in [4.69, 9.17) is 0 Å². The summed E-state index contributed by atoms with van der Waals surface area (Å²) in [6.07, 6.45) is 0. The molecular formula is C13H10BrNO2S. The van der Waals surface area contributed by atoms with Crippen LogP contribution in [0.2, 0.25) is 0 Å². The second-order valence-electron chi connectivity index (χ2n) is 3.65. The van der Waals surface area contributed by atoms with E-state index in [9.17, 15) is 9.59 Å². The quantitative estimate of drug-likeness (QED) is 0.869. The van der Waals surface area contributed by atoms with Crippen molar-refractivity contribution in [1.29, 1.82) is 0 Å². The van der Waals surface area contributed by atoms with Gasteiger partial charge >= 0.3 is 0 Å². The first kappa shape index (κ1) is 13.0. The van der Waals surface area contributed by atoms with Gasteiger partial charge in [-0.25, -0.2) is 0 Å². The molecule has 0 aliphatic carbocycles. The van der Waals surface area contributed by atoms with Crippen LogP contribution in [0.5, 0.6) is 0 Å². The molecule has 0 radical (unpaired) electrons. The molecule has 0 aliphatic rings. The van der Waals surface area contributed by atoms with Gasteiger partial charge in [-0.3, -0.25) is 9.59 Å². The van der Waals surface area contributed by atoms with E-state index in [1.807, 2.05) is 11.4 Å². The number of hydrogen-bond acceptors (Lipinski definition) is 3. The summed E-state index contributed by atoms with van der Waals surface area (Å²) in [6.45, 7) is 1.48. The molecule has 0 fully saturated rings. The molecule has 1 N–H and O–H groups in total. The Balaban J connectivity index is 2.28. The monoisotopic (exact) mass is 323 g/mol. The van der Waals surface area contributed by atoms with Crippen LogP contribution in [0.4, 0.5) is 5.69 Å². The van der Waals surface area contributed by atoms with Crippen molar-refractivity contribution in [2.75, 3.05) is 5.32 Å².